The number of rotatable bonds is 5. The van der Waals surface area contributed by atoms with Crippen molar-refractivity contribution in [2.24, 2.45) is 0 Å². The molecule has 0 radical (unpaired) electrons. The number of aromatic nitrogens is 2. The standard InChI is InChI=1S/C27H29N5O4/c33-27(32-12-14-34-15-13-32)31-23-17-36-24-22(16-35-25(23)24)30-26-28-11-10-21(29-26)20-8-6-19(7-9-20)18-4-2-1-3-5-18/h1-11,22-25H,12-17H2,(H,31,33)(H,28,29,30). The van der Waals surface area contributed by atoms with Crippen LogP contribution in [0.5, 0.6) is 0 Å². The van der Waals surface area contributed by atoms with Crippen LogP contribution in [0.4, 0.5) is 10.7 Å². The Bertz CT molecular complexity index is 1190. The molecule has 3 aliphatic heterocycles. The first-order valence-electron chi connectivity index (χ1n) is 12.4. The molecule has 2 N–H and O–H groups in total. The van der Waals surface area contributed by atoms with Crippen LogP contribution in [0.1, 0.15) is 0 Å². The van der Waals surface area contributed by atoms with E-state index in [1.54, 1.807) is 11.1 Å². The predicted molar refractivity (Wildman–Crippen MR) is 135 cm³/mol. The Balaban J connectivity index is 1.09. The van der Waals surface area contributed by atoms with E-state index >= 15 is 0 Å². The number of ether oxygens (including phenoxy) is 3. The number of amides is 2. The largest absolute Gasteiger partial charge is 0.378 e. The summed E-state index contributed by atoms with van der Waals surface area (Å²) in [7, 11) is 0. The lowest BCUT2D eigenvalue weighted by Gasteiger charge is -2.29. The van der Waals surface area contributed by atoms with E-state index in [0.717, 1.165) is 16.8 Å². The molecular weight excluding hydrogens is 458 g/mol. The number of anilines is 1. The van der Waals surface area contributed by atoms with Crippen molar-refractivity contribution >= 4 is 12.0 Å². The van der Waals surface area contributed by atoms with E-state index < -0.39 is 0 Å². The van der Waals surface area contributed by atoms with Gasteiger partial charge in [-0.25, -0.2) is 14.8 Å². The molecule has 9 nitrogen and oxygen atoms in total. The minimum Gasteiger partial charge on any atom is -0.378 e. The smallest absolute Gasteiger partial charge is 0.317 e. The van der Waals surface area contributed by atoms with Gasteiger partial charge in [0.2, 0.25) is 5.95 Å². The van der Waals surface area contributed by atoms with Crippen LogP contribution in [0.15, 0.2) is 66.9 Å². The Hall–Kier alpha value is -3.53. The SMILES string of the molecule is O=C(NC1COC2C(Nc3nccc(-c4ccc(-c5ccccc5)cc4)n3)COC12)N1CCOCC1. The normalized spacial score (nSPS) is 25.4. The minimum absolute atomic E-state index is 0.0955. The molecule has 4 unspecified atom stereocenters. The van der Waals surface area contributed by atoms with Gasteiger partial charge in [0.1, 0.15) is 12.2 Å². The molecule has 2 amide bonds. The highest BCUT2D eigenvalue weighted by molar-refractivity contribution is 5.75. The van der Waals surface area contributed by atoms with Gasteiger partial charge in [-0.15, -0.1) is 0 Å². The summed E-state index contributed by atoms with van der Waals surface area (Å²) >= 11 is 0. The molecule has 0 aliphatic carbocycles. The van der Waals surface area contributed by atoms with Crippen LogP contribution in [0, 0.1) is 0 Å². The van der Waals surface area contributed by atoms with Crippen molar-refractivity contribution in [2.45, 2.75) is 24.3 Å². The lowest BCUT2D eigenvalue weighted by Crippen LogP contribution is -2.52. The van der Waals surface area contributed by atoms with Crippen molar-refractivity contribution in [3.05, 3.63) is 66.9 Å². The fraction of sp³-hybridized carbons (Fsp3) is 0.370. The highest BCUT2D eigenvalue weighted by Crippen LogP contribution is 2.29. The zero-order valence-electron chi connectivity index (χ0n) is 19.9. The van der Waals surface area contributed by atoms with E-state index in [4.69, 9.17) is 19.2 Å². The number of morpholine rings is 1. The van der Waals surface area contributed by atoms with Gasteiger partial charge in [0.25, 0.3) is 0 Å². The van der Waals surface area contributed by atoms with Crippen molar-refractivity contribution in [1.82, 2.24) is 20.2 Å². The molecule has 1 aromatic heterocycles. The highest BCUT2D eigenvalue weighted by atomic mass is 16.6. The van der Waals surface area contributed by atoms with Gasteiger partial charge >= 0.3 is 6.03 Å². The number of carbonyl (C=O) groups excluding carboxylic acids is 1. The third-order valence-electron chi connectivity index (χ3n) is 6.92. The van der Waals surface area contributed by atoms with Gasteiger partial charge in [0.15, 0.2) is 0 Å². The van der Waals surface area contributed by atoms with Gasteiger partial charge in [-0.2, -0.15) is 0 Å². The molecule has 186 valence electrons. The van der Waals surface area contributed by atoms with E-state index in [9.17, 15) is 4.79 Å². The van der Waals surface area contributed by atoms with Crippen LogP contribution in [-0.4, -0.2) is 84.7 Å². The highest BCUT2D eigenvalue weighted by Gasteiger charge is 2.48. The van der Waals surface area contributed by atoms with Crippen LogP contribution in [-0.2, 0) is 14.2 Å². The second kappa shape index (κ2) is 10.2. The van der Waals surface area contributed by atoms with Gasteiger partial charge in [-0.05, 0) is 17.2 Å². The van der Waals surface area contributed by atoms with Gasteiger partial charge < -0.3 is 29.7 Å². The molecule has 6 rings (SSSR count). The van der Waals surface area contributed by atoms with E-state index in [1.807, 2.05) is 24.3 Å². The molecule has 36 heavy (non-hydrogen) atoms. The molecule has 4 heterocycles. The molecule has 3 aromatic rings. The van der Waals surface area contributed by atoms with Crippen molar-refractivity contribution < 1.29 is 19.0 Å². The molecule has 3 aliphatic rings. The maximum Gasteiger partial charge on any atom is 0.317 e. The number of nitrogens with one attached hydrogen (secondary N) is 2. The van der Waals surface area contributed by atoms with E-state index in [2.05, 4.69) is 52.0 Å². The molecule has 3 saturated heterocycles. The second-order valence-electron chi connectivity index (χ2n) is 9.21. The van der Waals surface area contributed by atoms with Gasteiger partial charge in [0.05, 0.1) is 44.2 Å². The van der Waals surface area contributed by atoms with Crippen molar-refractivity contribution in [3.8, 4) is 22.4 Å². The van der Waals surface area contributed by atoms with E-state index in [-0.39, 0.29) is 30.3 Å². The molecule has 0 bridgehead atoms. The molecular formula is C27H29N5O4. The predicted octanol–water partition coefficient (Wildman–Crippen LogP) is 2.80. The quantitative estimate of drug-likeness (QED) is 0.571. The van der Waals surface area contributed by atoms with Crippen LogP contribution in [0.3, 0.4) is 0 Å². The first-order valence-corrected chi connectivity index (χ1v) is 12.4. The summed E-state index contributed by atoms with van der Waals surface area (Å²) in [5.74, 6) is 0.526. The summed E-state index contributed by atoms with van der Waals surface area (Å²) in [6.45, 7) is 3.21. The first kappa shape index (κ1) is 22.9. The third kappa shape index (κ3) is 4.77. The molecule has 0 saturated carbocycles. The Morgan fingerprint density at radius 2 is 1.50 bits per heavy atom. The summed E-state index contributed by atoms with van der Waals surface area (Å²) in [5, 5.41) is 6.46. The van der Waals surface area contributed by atoms with E-state index in [0.29, 0.717) is 45.5 Å². The Morgan fingerprint density at radius 3 is 2.28 bits per heavy atom. The third-order valence-corrected chi connectivity index (χ3v) is 6.92. The van der Waals surface area contributed by atoms with Crippen LogP contribution in [0.2, 0.25) is 0 Å². The molecule has 2 aromatic carbocycles. The average Bonchev–Trinajstić information content (AvgIpc) is 3.53. The maximum absolute atomic E-state index is 12.6. The monoisotopic (exact) mass is 487 g/mol. The van der Waals surface area contributed by atoms with Crippen LogP contribution in [0.25, 0.3) is 22.4 Å². The van der Waals surface area contributed by atoms with Gasteiger partial charge in [0, 0.05) is 24.8 Å². The number of benzene rings is 2. The van der Waals surface area contributed by atoms with Crippen LogP contribution < -0.4 is 10.6 Å². The second-order valence-corrected chi connectivity index (χ2v) is 9.21. The van der Waals surface area contributed by atoms with Crippen molar-refractivity contribution in [2.75, 3.05) is 44.8 Å². The van der Waals surface area contributed by atoms with E-state index in [1.165, 1.54) is 5.56 Å². The number of urea groups is 1. The maximum atomic E-state index is 12.6. The molecule has 3 fully saturated rings. The lowest BCUT2D eigenvalue weighted by atomic mass is 10.0. The summed E-state index contributed by atoms with van der Waals surface area (Å²) in [5.41, 5.74) is 4.20. The Labute approximate surface area is 209 Å². The molecule has 0 spiro atoms. The lowest BCUT2D eigenvalue weighted by molar-refractivity contribution is 0.0485. The number of hydrogen-bond donors (Lipinski definition) is 2. The topological polar surface area (TPSA) is 97.8 Å². The molecule has 4 atom stereocenters. The van der Waals surface area contributed by atoms with Gasteiger partial charge in [-0.1, -0.05) is 54.6 Å². The summed E-state index contributed by atoms with van der Waals surface area (Å²) in [4.78, 5) is 23.5. The minimum atomic E-state index is -0.207. The van der Waals surface area contributed by atoms with Gasteiger partial charge in [-0.3, -0.25) is 0 Å². The average molecular weight is 488 g/mol. The Kier molecular flexibility index (Phi) is 6.50. The first-order chi connectivity index (χ1) is 17.7. The fourth-order valence-corrected chi connectivity index (χ4v) is 4.98. The zero-order valence-corrected chi connectivity index (χ0v) is 19.9. The summed E-state index contributed by atoms with van der Waals surface area (Å²) in [6.07, 6.45) is 1.36. The summed E-state index contributed by atoms with van der Waals surface area (Å²) < 4.78 is 17.4. The summed E-state index contributed by atoms with van der Waals surface area (Å²) in [6, 6.07) is 20.2. The number of fused-ring (bicyclic) bond motifs is 1. The number of carbonyl (C=O) groups is 1. The zero-order chi connectivity index (χ0) is 24.3. The fourth-order valence-electron chi connectivity index (χ4n) is 4.98. The van der Waals surface area contributed by atoms with Crippen LogP contribution >= 0.6 is 0 Å². The number of hydrogen-bond acceptors (Lipinski definition) is 7. The Morgan fingerprint density at radius 1 is 0.833 bits per heavy atom. The molecule has 9 heteroatoms. The number of nitrogens with zero attached hydrogens (tertiary/aromatic N) is 3. The van der Waals surface area contributed by atoms with Crippen molar-refractivity contribution in [3.63, 3.8) is 0 Å². The van der Waals surface area contributed by atoms with Crippen molar-refractivity contribution in [1.29, 1.82) is 0 Å².